The van der Waals surface area contributed by atoms with Gasteiger partial charge in [0.1, 0.15) is 5.60 Å². The van der Waals surface area contributed by atoms with Gasteiger partial charge in [0.2, 0.25) is 5.91 Å². The summed E-state index contributed by atoms with van der Waals surface area (Å²) < 4.78 is 5.33. The van der Waals surface area contributed by atoms with E-state index in [-0.39, 0.29) is 18.3 Å². The zero-order chi connectivity index (χ0) is 16.0. The van der Waals surface area contributed by atoms with Crippen LogP contribution in [0.15, 0.2) is 30.3 Å². The minimum Gasteiger partial charge on any atom is -0.460 e. The first kappa shape index (κ1) is 17.2. The van der Waals surface area contributed by atoms with Gasteiger partial charge in [0, 0.05) is 14.1 Å². The van der Waals surface area contributed by atoms with Crippen molar-refractivity contribution < 1.29 is 14.3 Å². The minimum atomic E-state index is -0.532. The molecule has 0 aliphatic rings. The standard InChI is InChI=1S/C17H25NO3/c1-17(2,3)21-15(19)12-14(16(20)18(4)5)11-13-9-7-6-8-10-13/h6-10,14H,11-12H2,1-5H3/t14-/m1/s1. The second-order valence-corrected chi connectivity index (χ2v) is 6.41. The van der Waals surface area contributed by atoms with Crippen molar-refractivity contribution in [3.05, 3.63) is 35.9 Å². The highest BCUT2D eigenvalue weighted by Crippen LogP contribution is 2.18. The van der Waals surface area contributed by atoms with Gasteiger partial charge in [0.05, 0.1) is 12.3 Å². The van der Waals surface area contributed by atoms with Crippen molar-refractivity contribution in [3.63, 3.8) is 0 Å². The van der Waals surface area contributed by atoms with E-state index in [1.54, 1.807) is 14.1 Å². The molecule has 0 heterocycles. The first-order valence-electron chi connectivity index (χ1n) is 7.16. The molecular weight excluding hydrogens is 266 g/mol. The number of benzene rings is 1. The average Bonchev–Trinajstić information content (AvgIpc) is 2.36. The van der Waals surface area contributed by atoms with E-state index in [4.69, 9.17) is 4.74 Å². The Morgan fingerprint density at radius 2 is 1.71 bits per heavy atom. The molecule has 0 aliphatic carbocycles. The number of esters is 1. The molecule has 1 aromatic carbocycles. The molecule has 0 aliphatic heterocycles. The molecule has 1 aromatic rings. The van der Waals surface area contributed by atoms with Gasteiger partial charge in [-0.1, -0.05) is 30.3 Å². The predicted molar refractivity (Wildman–Crippen MR) is 82.8 cm³/mol. The van der Waals surface area contributed by atoms with Crippen molar-refractivity contribution in [3.8, 4) is 0 Å². The number of ether oxygens (including phenoxy) is 1. The molecule has 0 spiro atoms. The quantitative estimate of drug-likeness (QED) is 0.784. The lowest BCUT2D eigenvalue weighted by molar-refractivity contribution is -0.158. The van der Waals surface area contributed by atoms with Crippen molar-refractivity contribution in [1.29, 1.82) is 0 Å². The molecule has 0 aromatic heterocycles. The van der Waals surface area contributed by atoms with E-state index in [1.807, 2.05) is 51.1 Å². The highest BCUT2D eigenvalue weighted by molar-refractivity contribution is 5.83. The Kier molecular flexibility index (Phi) is 5.94. The van der Waals surface area contributed by atoms with Crippen LogP contribution in [0.5, 0.6) is 0 Å². The maximum Gasteiger partial charge on any atom is 0.307 e. The van der Waals surface area contributed by atoms with E-state index in [0.29, 0.717) is 6.42 Å². The molecular formula is C17H25NO3. The molecule has 21 heavy (non-hydrogen) atoms. The van der Waals surface area contributed by atoms with Crippen molar-refractivity contribution >= 4 is 11.9 Å². The molecule has 1 atom stereocenters. The normalized spacial score (nSPS) is 12.6. The zero-order valence-corrected chi connectivity index (χ0v) is 13.6. The third kappa shape index (κ3) is 6.43. The maximum atomic E-state index is 12.3. The Hall–Kier alpha value is -1.84. The number of carbonyl (C=O) groups excluding carboxylic acids is 2. The van der Waals surface area contributed by atoms with Crippen LogP contribution < -0.4 is 0 Å². The Balaban J connectivity index is 2.78. The number of hydrogen-bond donors (Lipinski definition) is 0. The maximum absolute atomic E-state index is 12.3. The number of nitrogens with zero attached hydrogens (tertiary/aromatic N) is 1. The van der Waals surface area contributed by atoms with Crippen LogP contribution in [0.1, 0.15) is 32.8 Å². The van der Waals surface area contributed by atoms with Gasteiger partial charge in [0.25, 0.3) is 0 Å². The second kappa shape index (κ2) is 7.25. The van der Waals surface area contributed by atoms with Crippen molar-refractivity contribution in [1.82, 2.24) is 4.90 Å². The highest BCUT2D eigenvalue weighted by atomic mass is 16.6. The Bertz CT molecular complexity index is 475. The van der Waals surface area contributed by atoms with Crippen molar-refractivity contribution in [2.75, 3.05) is 14.1 Å². The number of hydrogen-bond acceptors (Lipinski definition) is 3. The van der Waals surface area contributed by atoms with Crippen LogP contribution in [0.4, 0.5) is 0 Å². The third-order valence-corrected chi connectivity index (χ3v) is 2.95. The fourth-order valence-electron chi connectivity index (χ4n) is 2.09. The van der Waals surface area contributed by atoms with Crippen molar-refractivity contribution in [2.45, 2.75) is 39.2 Å². The summed E-state index contributed by atoms with van der Waals surface area (Å²) in [7, 11) is 3.41. The molecule has 1 rings (SSSR count). The van der Waals surface area contributed by atoms with Gasteiger partial charge in [-0.25, -0.2) is 0 Å². The zero-order valence-electron chi connectivity index (χ0n) is 13.6. The molecule has 4 heteroatoms. The van der Waals surface area contributed by atoms with E-state index in [9.17, 15) is 9.59 Å². The number of rotatable bonds is 5. The Morgan fingerprint density at radius 1 is 1.14 bits per heavy atom. The largest absolute Gasteiger partial charge is 0.460 e. The van der Waals surface area contributed by atoms with Crippen LogP contribution in [0.2, 0.25) is 0 Å². The summed E-state index contributed by atoms with van der Waals surface area (Å²) in [5.41, 5.74) is 0.511. The molecule has 116 valence electrons. The van der Waals surface area contributed by atoms with E-state index in [1.165, 1.54) is 4.90 Å². The third-order valence-electron chi connectivity index (χ3n) is 2.95. The number of carbonyl (C=O) groups is 2. The molecule has 0 saturated heterocycles. The first-order chi connectivity index (χ1) is 9.69. The summed E-state index contributed by atoms with van der Waals surface area (Å²) in [5.74, 6) is -0.777. The lowest BCUT2D eigenvalue weighted by Crippen LogP contribution is -2.34. The average molecular weight is 291 g/mol. The topological polar surface area (TPSA) is 46.6 Å². The van der Waals surface area contributed by atoms with E-state index in [2.05, 4.69) is 0 Å². The van der Waals surface area contributed by atoms with E-state index >= 15 is 0 Å². The number of amides is 1. The smallest absolute Gasteiger partial charge is 0.307 e. The molecule has 0 bridgehead atoms. The summed E-state index contributed by atoms with van der Waals surface area (Å²) in [4.78, 5) is 25.8. The molecule has 0 saturated carbocycles. The van der Waals surface area contributed by atoms with Gasteiger partial charge in [-0.2, -0.15) is 0 Å². The molecule has 0 unspecified atom stereocenters. The Labute approximate surface area is 127 Å². The molecule has 0 fully saturated rings. The molecule has 1 amide bonds. The summed E-state index contributed by atoms with van der Waals surface area (Å²) in [6.07, 6.45) is 0.639. The van der Waals surface area contributed by atoms with Gasteiger partial charge >= 0.3 is 5.97 Å². The summed E-state index contributed by atoms with van der Waals surface area (Å²) in [6, 6.07) is 9.72. The van der Waals surface area contributed by atoms with Crippen LogP contribution in [-0.2, 0) is 20.7 Å². The Morgan fingerprint density at radius 3 is 2.19 bits per heavy atom. The molecule has 0 N–H and O–H groups in total. The lowest BCUT2D eigenvalue weighted by Gasteiger charge is -2.23. The van der Waals surface area contributed by atoms with Gasteiger partial charge in [-0.15, -0.1) is 0 Å². The SMILES string of the molecule is CN(C)C(=O)[C@@H](CC(=O)OC(C)(C)C)Cc1ccccc1. The van der Waals surface area contributed by atoms with Crippen molar-refractivity contribution in [2.24, 2.45) is 5.92 Å². The summed E-state index contributed by atoms with van der Waals surface area (Å²) in [5, 5.41) is 0. The van der Waals surface area contributed by atoms with E-state index < -0.39 is 11.5 Å². The lowest BCUT2D eigenvalue weighted by atomic mass is 9.95. The first-order valence-corrected chi connectivity index (χ1v) is 7.16. The fourth-order valence-corrected chi connectivity index (χ4v) is 2.09. The van der Waals surface area contributed by atoms with E-state index in [0.717, 1.165) is 5.56 Å². The van der Waals surface area contributed by atoms with Gasteiger partial charge in [-0.05, 0) is 32.8 Å². The van der Waals surface area contributed by atoms with Gasteiger partial charge < -0.3 is 9.64 Å². The predicted octanol–water partition coefficient (Wildman–Crippen LogP) is 2.67. The summed E-state index contributed by atoms with van der Waals surface area (Å²) >= 11 is 0. The minimum absolute atomic E-state index is 0.0512. The summed E-state index contributed by atoms with van der Waals surface area (Å²) in [6.45, 7) is 5.47. The van der Waals surface area contributed by atoms with Crippen LogP contribution in [0.3, 0.4) is 0 Å². The fraction of sp³-hybridized carbons (Fsp3) is 0.529. The van der Waals surface area contributed by atoms with Crippen LogP contribution in [0.25, 0.3) is 0 Å². The van der Waals surface area contributed by atoms with Crippen LogP contribution >= 0.6 is 0 Å². The molecule has 4 nitrogen and oxygen atoms in total. The van der Waals surface area contributed by atoms with Crippen LogP contribution in [0, 0.1) is 5.92 Å². The van der Waals surface area contributed by atoms with Crippen LogP contribution in [-0.4, -0.2) is 36.5 Å². The van der Waals surface area contributed by atoms with Gasteiger partial charge in [-0.3, -0.25) is 9.59 Å². The highest BCUT2D eigenvalue weighted by Gasteiger charge is 2.26. The molecule has 0 radical (unpaired) electrons. The second-order valence-electron chi connectivity index (χ2n) is 6.41. The monoisotopic (exact) mass is 291 g/mol. The van der Waals surface area contributed by atoms with Gasteiger partial charge in [0.15, 0.2) is 0 Å².